The minimum absolute atomic E-state index is 0.108. The molecular formula is C14H17NO4. The number of morpholine rings is 1. The van der Waals surface area contributed by atoms with E-state index in [9.17, 15) is 14.7 Å². The Hall–Kier alpha value is -1.88. The van der Waals surface area contributed by atoms with Crippen molar-refractivity contribution in [2.45, 2.75) is 13.8 Å². The summed E-state index contributed by atoms with van der Waals surface area (Å²) in [4.78, 5) is 25.5. The molecule has 1 saturated heterocycles. The zero-order chi connectivity index (χ0) is 14.0. The van der Waals surface area contributed by atoms with Gasteiger partial charge >= 0.3 is 5.97 Å². The number of nitrogens with zero attached hydrogens (tertiary/aromatic N) is 1. The van der Waals surface area contributed by atoms with Crippen LogP contribution in [0.3, 0.4) is 0 Å². The van der Waals surface area contributed by atoms with Gasteiger partial charge in [-0.05, 0) is 25.0 Å². The molecule has 1 N–H and O–H groups in total. The fraction of sp³-hybridized carbons (Fsp3) is 0.429. The third kappa shape index (κ3) is 2.61. The molecule has 1 aliphatic rings. The number of aromatic carboxylic acids is 1. The van der Waals surface area contributed by atoms with Gasteiger partial charge in [0.25, 0.3) is 5.91 Å². The van der Waals surface area contributed by atoms with Crippen LogP contribution in [-0.2, 0) is 4.74 Å². The van der Waals surface area contributed by atoms with Crippen LogP contribution < -0.4 is 0 Å². The van der Waals surface area contributed by atoms with Gasteiger partial charge in [0.2, 0.25) is 0 Å². The largest absolute Gasteiger partial charge is 0.478 e. The van der Waals surface area contributed by atoms with Crippen molar-refractivity contribution in [1.82, 2.24) is 4.90 Å². The average Bonchev–Trinajstić information content (AvgIpc) is 2.41. The Kier molecular flexibility index (Phi) is 3.85. The van der Waals surface area contributed by atoms with E-state index in [1.165, 1.54) is 0 Å². The Labute approximate surface area is 111 Å². The predicted octanol–water partition coefficient (Wildman–Crippen LogP) is 1.47. The lowest BCUT2D eigenvalue weighted by Crippen LogP contribution is -2.41. The van der Waals surface area contributed by atoms with Gasteiger partial charge < -0.3 is 14.7 Å². The van der Waals surface area contributed by atoms with Crippen LogP contribution in [-0.4, -0.2) is 48.2 Å². The van der Waals surface area contributed by atoms with Crippen molar-refractivity contribution in [2.24, 2.45) is 0 Å². The minimum atomic E-state index is -1.06. The summed E-state index contributed by atoms with van der Waals surface area (Å²) in [6.45, 7) is 5.48. The van der Waals surface area contributed by atoms with Crippen molar-refractivity contribution in [2.75, 3.05) is 26.3 Å². The van der Waals surface area contributed by atoms with E-state index in [1.807, 2.05) is 0 Å². The maximum absolute atomic E-state index is 12.5. The number of hydrogen-bond donors (Lipinski definition) is 1. The van der Waals surface area contributed by atoms with E-state index in [4.69, 9.17) is 4.74 Å². The van der Waals surface area contributed by atoms with Gasteiger partial charge in [-0.15, -0.1) is 0 Å². The summed E-state index contributed by atoms with van der Waals surface area (Å²) in [6.07, 6.45) is 0. The van der Waals surface area contributed by atoms with Crippen LogP contribution in [0.2, 0.25) is 0 Å². The van der Waals surface area contributed by atoms with Gasteiger partial charge in [-0.2, -0.15) is 0 Å². The lowest BCUT2D eigenvalue weighted by atomic mass is 9.96. The molecule has 1 aromatic carbocycles. The highest BCUT2D eigenvalue weighted by Crippen LogP contribution is 2.21. The van der Waals surface area contributed by atoms with Gasteiger partial charge in [0.15, 0.2) is 0 Å². The first-order valence-electron chi connectivity index (χ1n) is 6.23. The maximum Gasteiger partial charge on any atom is 0.336 e. The normalized spacial score (nSPS) is 15.4. The van der Waals surface area contributed by atoms with Crippen LogP contribution in [0.5, 0.6) is 0 Å². The first-order chi connectivity index (χ1) is 9.02. The summed E-state index contributed by atoms with van der Waals surface area (Å²) in [7, 11) is 0. The van der Waals surface area contributed by atoms with Gasteiger partial charge in [0, 0.05) is 13.1 Å². The van der Waals surface area contributed by atoms with Crippen LogP contribution in [0.1, 0.15) is 31.8 Å². The molecule has 0 bridgehead atoms. The molecule has 2 rings (SSSR count). The van der Waals surface area contributed by atoms with Gasteiger partial charge in [-0.25, -0.2) is 4.79 Å². The Morgan fingerprint density at radius 1 is 1.11 bits per heavy atom. The number of carboxylic acids is 1. The molecule has 0 radical (unpaired) electrons. The van der Waals surface area contributed by atoms with Gasteiger partial charge in [0.05, 0.1) is 24.3 Å². The van der Waals surface area contributed by atoms with Crippen LogP contribution in [0.15, 0.2) is 12.1 Å². The van der Waals surface area contributed by atoms with Gasteiger partial charge in [0.1, 0.15) is 0 Å². The van der Waals surface area contributed by atoms with Crippen LogP contribution in [0, 0.1) is 13.8 Å². The lowest BCUT2D eigenvalue weighted by molar-refractivity contribution is 0.0299. The number of carbonyl (C=O) groups excluding carboxylic acids is 1. The van der Waals surface area contributed by atoms with E-state index in [2.05, 4.69) is 0 Å². The number of rotatable bonds is 2. The standard InChI is InChI=1S/C14H17NO4/c1-9-3-4-10(2)12(14(17)18)11(9)13(16)15-5-7-19-8-6-15/h3-4H,5-8H2,1-2H3,(H,17,18). The summed E-state index contributed by atoms with van der Waals surface area (Å²) < 4.78 is 5.21. The fourth-order valence-corrected chi connectivity index (χ4v) is 2.29. The highest BCUT2D eigenvalue weighted by molar-refractivity contribution is 6.06. The zero-order valence-electron chi connectivity index (χ0n) is 11.1. The van der Waals surface area contributed by atoms with Crippen molar-refractivity contribution in [3.05, 3.63) is 34.4 Å². The predicted molar refractivity (Wildman–Crippen MR) is 69.6 cm³/mol. The maximum atomic E-state index is 12.5. The first-order valence-corrected chi connectivity index (χ1v) is 6.23. The van der Waals surface area contributed by atoms with E-state index >= 15 is 0 Å². The lowest BCUT2D eigenvalue weighted by Gasteiger charge is -2.28. The van der Waals surface area contributed by atoms with E-state index in [-0.39, 0.29) is 11.5 Å². The van der Waals surface area contributed by atoms with Crippen LogP contribution >= 0.6 is 0 Å². The van der Waals surface area contributed by atoms with Crippen LogP contribution in [0.4, 0.5) is 0 Å². The molecule has 5 nitrogen and oxygen atoms in total. The van der Waals surface area contributed by atoms with Crippen molar-refractivity contribution >= 4 is 11.9 Å². The third-order valence-corrected chi connectivity index (χ3v) is 3.35. The quantitative estimate of drug-likeness (QED) is 0.877. The minimum Gasteiger partial charge on any atom is -0.478 e. The third-order valence-electron chi connectivity index (χ3n) is 3.35. The molecule has 5 heteroatoms. The number of carbonyl (C=O) groups is 2. The molecule has 19 heavy (non-hydrogen) atoms. The van der Waals surface area contributed by atoms with E-state index in [0.717, 1.165) is 0 Å². The highest BCUT2D eigenvalue weighted by atomic mass is 16.5. The van der Waals surface area contributed by atoms with E-state index in [1.54, 1.807) is 30.9 Å². The molecule has 0 saturated carbocycles. The molecule has 1 aliphatic heterocycles. The number of ether oxygens (including phenoxy) is 1. The fourth-order valence-electron chi connectivity index (χ4n) is 2.29. The number of amides is 1. The second-order valence-electron chi connectivity index (χ2n) is 4.66. The van der Waals surface area contributed by atoms with Crippen molar-refractivity contribution in [1.29, 1.82) is 0 Å². The number of carboxylic acid groups (broad SMARTS) is 1. The number of aryl methyl sites for hydroxylation is 2. The van der Waals surface area contributed by atoms with E-state index < -0.39 is 5.97 Å². The summed E-state index contributed by atoms with van der Waals surface area (Å²) in [5.41, 5.74) is 1.71. The topological polar surface area (TPSA) is 66.8 Å². The van der Waals surface area contributed by atoms with Gasteiger partial charge in [-0.3, -0.25) is 4.79 Å². The van der Waals surface area contributed by atoms with Crippen LogP contribution in [0.25, 0.3) is 0 Å². The smallest absolute Gasteiger partial charge is 0.336 e. The molecular weight excluding hydrogens is 246 g/mol. The molecule has 0 aliphatic carbocycles. The Morgan fingerprint density at radius 2 is 1.63 bits per heavy atom. The van der Waals surface area contributed by atoms with Crippen molar-refractivity contribution < 1.29 is 19.4 Å². The monoisotopic (exact) mass is 263 g/mol. The highest BCUT2D eigenvalue weighted by Gasteiger charge is 2.26. The van der Waals surface area contributed by atoms with E-state index in [0.29, 0.717) is 43.0 Å². The second kappa shape index (κ2) is 5.40. The number of hydrogen-bond acceptors (Lipinski definition) is 3. The molecule has 0 atom stereocenters. The molecule has 0 aromatic heterocycles. The van der Waals surface area contributed by atoms with Crippen molar-refractivity contribution in [3.8, 4) is 0 Å². The zero-order valence-corrected chi connectivity index (χ0v) is 11.1. The Balaban J connectivity index is 2.45. The number of benzene rings is 1. The molecule has 1 heterocycles. The molecule has 1 fully saturated rings. The Bertz CT molecular complexity index is 518. The first kappa shape index (κ1) is 13.5. The molecule has 1 amide bonds. The summed E-state index contributed by atoms with van der Waals surface area (Å²) in [5, 5.41) is 9.32. The summed E-state index contributed by atoms with van der Waals surface area (Å²) in [6, 6.07) is 3.52. The second-order valence-corrected chi connectivity index (χ2v) is 4.66. The molecule has 1 aromatic rings. The molecule has 0 spiro atoms. The Morgan fingerprint density at radius 3 is 2.16 bits per heavy atom. The molecule has 0 unspecified atom stereocenters. The summed E-state index contributed by atoms with van der Waals surface area (Å²) in [5.74, 6) is -1.28. The molecule has 102 valence electrons. The summed E-state index contributed by atoms with van der Waals surface area (Å²) >= 11 is 0. The van der Waals surface area contributed by atoms with Crippen molar-refractivity contribution in [3.63, 3.8) is 0 Å². The van der Waals surface area contributed by atoms with Gasteiger partial charge in [-0.1, -0.05) is 12.1 Å². The average molecular weight is 263 g/mol. The SMILES string of the molecule is Cc1ccc(C)c(C(=O)N2CCOCC2)c1C(=O)O.